The second kappa shape index (κ2) is 7.78. The van der Waals surface area contributed by atoms with E-state index in [1.165, 1.54) is 19.1 Å². The summed E-state index contributed by atoms with van der Waals surface area (Å²) in [5.41, 5.74) is -7.87. The van der Waals surface area contributed by atoms with Gasteiger partial charge in [0.05, 0.1) is 11.5 Å². The van der Waals surface area contributed by atoms with Crippen LogP contribution in [0.15, 0.2) is 23.8 Å². The molecule has 8 heteroatoms. The quantitative estimate of drug-likeness (QED) is 0.583. The maximum atomic E-state index is 17.1. The number of allylic oxidation sites excluding steroid dienone is 4. The lowest BCUT2D eigenvalue weighted by Crippen LogP contribution is -2.70. The fourth-order valence-electron chi connectivity index (χ4n) is 7.59. The maximum Gasteiger partial charge on any atom is 0.311 e. The molecule has 2 N–H and O–H groups in total. The Morgan fingerprint density at radius 1 is 1.20 bits per heavy atom. The number of hydrogen-bond donors (Lipinski definition) is 2. The maximum absolute atomic E-state index is 17.1. The number of fused-ring (bicyclic) bond motifs is 5. The second-order valence-corrected chi connectivity index (χ2v) is 12.5. The van der Waals surface area contributed by atoms with Crippen LogP contribution in [0.4, 0.5) is 8.78 Å². The molecular formula is C27H36F2O6. The molecule has 0 aliphatic heterocycles. The minimum atomic E-state index is -2.28. The van der Waals surface area contributed by atoms with Gasteiger partial charge in [-0.05, 0) is 76.5 Å². The van der Waals surface area contributed by atoms with Gasteiger partial charge >= 0.3 is 5.97 Å². The number of ether oxygens (including phenoxy) is 1. The number of esters is 1. The number of carbonyl (C=O) groups is 3. The van der Waals surface area contributed by atoms with Gasteiger partial charge in [-0.15, -0.1) is 0 Å². The average Bonchev–Trinajstić information content (AvgIpc) is 2.96. The highest BCUT2D eigenvalue weighted by Gasteiger charge is 2.76. The predicted molar refractivity (Wildman–Crippen MR) is 124 cm³/mol. The van der Waals surface area contributed by atoms with Gasteiger partial charge in [0.2, 0.25) is 5.78 Å². The number of alkyl halides is 2. The van der Waals surface area contributed by atoms with Crippen molar-refractivity contribution in [1.82, 2.24) is 0 Å². The van der Waals surface area contributed by atoms with Gasteiger partial charge in [-0.25, -0.2) is 8.78 Å². The molecule has 4 aliphatic carbocycles. The van der Waals surface area contributed by atoms with E-state index in [0.29, 0.717) is 0 Å². The molecular weight excluding hydrogens is 458 g/mol. The molecule has 0 amide bonds. The molecule has 0 heterocycles. The lowest BCUT2D eigenvalue weighted by Gasteiger charge is -2.63. The highest BCUT2D eigenvalue weighted by atomic mass is 19.1. The number of Topliss-reactive ketones (excluding diaryl/α,β-unsaturated/α-hetero) is 1. The molecule has 194 valence electrons. The average molecular weight is 495 g/mol. The SMILES string of the molecule is C[C@@H]1C[C@H]2[C@@H]3C[C@H](F)C4=CC(=O)C=C[C@]4(C)C3(F)[C@@H](O)C[C@]2(C)[C@@]1(O)C(=O)COC(=O)C(C)(C)C. The number of rotatable bonds is 3. The lowest BCUT2D eigenvalue weighted by atomic mass is 9.44. The van der Waals surface area contributed by atoms with Gasteiger partial charge in [-0.2, -0.15) is 0 Å². The third kappa shape index (κ3) is 3.28. The Balaban J connectivity index is 1.72. The molecule has 6 nitrogen and oxygen atoms in total. The van der Waals surface area contributed by atoms with Crippen molar-refractivity contribution in [3.8, 4) is 0 Å². The Hall–Kier alpha value is -1.93. The van der Waals surface area contributed by atoms with Gasteiger partial charge in [-0.1, -0.05) is 19.9 Å². The van der Waals surface area contributed by atoms with Gasteiger partial charge in [0, 0.05) is 16.7 Å². The van der Waals surface area contributed by atoms with Gasteiger partial charge in [0.1, 0.15) is 11.8 Å². The molecule has 0 spiro atoms. The summed E-state index contributed by atoms with van der Waals surface area (Å²) in [4.78, 5) is 37.5. The summed E-state index contributed by atoms with van der Waals surface area (Å²) in [5, 5.41) is 23.2. The molecule has 0 bridgehead atoms. The molecule has 0 aromatic rings. The first-order valence-electron chi connectivity index (χ1n) is 12.3. The third-order valence-corrected chi connectivity index (χ3v) is 9.58. The molecule has 1 unspecified atom stereocenters. The standard InChI is InChI=1S/C27H36F2O6/c1-14-9-16-17-11-19(28)18-10-15(30)7-8-24(18,5)26(17,29)20(31)12-25(16,6)27(14,34)21(32)13-35-22(33)23(2,3)4/h7-8,10,14,16-17,19-20,31,34H,9,11-13H2,1-6H3/t14-,16+,17+,19+,20+,24+,25+,26?,27+/m1/s1. The summed E-state index contributed by atoms with van der Waals surface area (Å²) in [6, 6.07) is 0. The molecule has 4 aliphatic rings. The van der Waals surface area contributed by atoms with Crippen LogP contribution in [0.5, 0.6) is 0 Å². The summed E-state index contributed by atoms with van der Waals surface area (Å²) in [6.45, 7) is 9.15. The van der Waals surface area contributed by atoms with Crippen LogP contribution in [0, 0.1) is 34.0 Å². The summed E-state index contributed by atoms with van der Waals surface area (Å²) in [5.74, 6) is -3.94. The number of hydrogen-bond acceptors (Lipinski definition) is 6. The smallest absolute Gasteiger partial charge is 0.311 e. The molecule has 3 fully saturated rings. The highest BCUT2D eigenvalue weighted by Crippen LogP contribution is 2.70. The van der Waals surface area contributed by atoms with Gasteiger partial charge in [0.15, 0.2) is 18.1 Å². The van der Waals surface area contributed by atoms with Crippen molar-refractivity contribution in [1.29, 1.82) is 0 Å². The van der Waals surface area contributed by atoms with Crippen molar-refractivity contribution in [3.05, 3.63) is 23.8 Å². The Labute approximate surface area is 204 Å². The first kappa shape index (κ1) is 26.1. The minimum Gasteiger partial charge on any atom is -0.457 e. The molecule has 3 saturated carbocycles. The van der Waals surface area contributed by atoms with E-state index >= 15 is 8.78 Å². The molecule has 35 heavy (non-hydrogen) atoms. The minimum absolute atomic E-state index is 0.0258. The second-order valence-electron chi connectivity index (χ2n) is 12.5. The molecule has 0 aromatic heterocycles. The fraction of sp³-hybridized carbons (Fsp3) is 0.741. The summed E-state index contributed by atoms with van der Waals surface area (Å²) < 4.78 is 37.8. The number of halogens is 2. The third-order valence-electron chi connectivity index (χ3n) is 9.58. The number of aliphatic hydroxyl groups is 2. The lowest BCUT2D eigenvalue weighted by molar-refractivity contribution is -0.224. The highest BCUT2D eigenvalue weighted by molar-refractivity contribution is 6.01. The van der Waals surface area contributed by atoms with E-state index in [0.717, 1.165) is 6.08 Å². The normalized spacial score (nSPS) is 46.9. The van der Waals surface area contributed by atoms with E-state index < -0.39 is 81.7 Å². The van der Waals surface area contributed by atoms with Crippen LogP contribution in [-0.2, 0) is 19.1 Å². The van der Waals surface area contributed by atoms with Crippen LogP contribution in [0.2, 0.25) is 0 Å². The van der Waals surface area contributed by atoms with Crippen molar-refractivity contribution in [2.45, 2.75) is 84.4 Å². The molecule has 0 aromatic carbocycles. The van der Waals surface area contributed by atoms with Gasteiger partial charge in [-0.3, -0.25) is 14.4 Å². The fourth-order valence-corrected chi connectivity index (χ4v) is 7.59. The van der Waals surface area contributed by atoms with Crippen LogP contribution >= 0.6 is 0 Å². The van der Waals surface area contributed by atoms with Crippen molar-refractivity contribution in [3.63, 3.8) is 0 Å². The van der Waals surface area contributed by atoms with E-state index in [-0.39, 0.29) is 24.8 Å². The first-order valence-corrected chi connectivity index (χ1v) is 12.3. The summed E-state index contributed by atoms with van der Waals surface area (Å²) in [7, 11) is 0. The van der Waals surface area contributed by atoms with Crippen LogP contribution in [-0.4, -0.2) is 57.9 Å². The molecule has 0 radical (unpaired) electrons. The van der Waals surface area contributed by atoms with E-state index in [2.05, 4.69) is 0 Å². The van der Waals surface area contributed by atoms with Crippen molar-refractivity contribution in [2.24, 2.45) is 34.0 Å². The summed E-state index contributed by atoms with van der Waals surface area (Å²) >= 11 is 0. The van der Waals surface area contributed by atoms with E-state index in [1.54, 1.807) is 34.6 Å². The van der Waals surface area contributed by atoms with E-state index in [9.17, 15) is 24.6 Å². The topological polar surface area (TPSA) is 101 Å². The van der Waals surface area contributed by atoms with Gasteiger partial charge < -0.3 is 14.9 Å². The van der Waals surface area contributed by atoms with E-state index in [1.807, 2.05) is 0 Å². The van der Waals surface area contributed by atoms with Crippen molar-refractivity contribution >= 4 is 17.5 Å². The van der Waals surface area contributed by atoms with Gasteiger partial charge in [0.25, 0.3) is 0 Å². The Morgan fingerprint density at radius 3 is 2.43 bits per heavy atom. The summed E-state index contributed by atoms with van der Waals surface area (Å²) in [6.07, 6.45) is 0.249. The Morgan fingerprint density at radius 2 is 1.83 bits per heavy atom. The zero-order valence-electron chi connectivity index (χ0n) is 21.2. The predicted octanol–water partition coefficient (Wildman–Crippen LogP) is 3.44. The zero-order valence-corrected chi connectivity index (χ0v) is 21.2. The largest absolute Gasteiger partial charge is 0.457 e. The Kier molecular flexibility index (Phi) is 5.81. The molecule has 9 atom stereocenters. The monoisotopic (exact) mass is 494 g/mol. The first-order chi connectivity index (χ1) is 15.9. The van der Waals surface area contributed by atoms with Crippen LogP contribution in [0.3, 0.4) is 0 Å². The molecule has 4 rings (SSSR count). The number of ketones is 2. The zero-order chi connectivity index (χ0) is 26.4. The van der Waals surface area contributed by atoms with E-state index in [4.69, 9.17) is 4.74 Å². The number of carbonyl (C=O) groups excluding carboxylic acids is 3. The van der Waals surface area contributed by atoms with Crippen LogP contribution in [0.1, 0.15) is 60.8 Å². The molecule has 0 saturated heterocycles. The number of aliphatic hydroxyl groups excluding tert-OH is 1. The van der Waals surface area contributed by atoms with Crippen LogP contribution < -0.4 is 0 Å². The van der Waals surface area contributed by atoms with Crippen LogP contribution in [0.25, 0.3) is 0 Å². The van der Waals surface area contributed by atoms with Crippen molar-refractivity contribution < 1.29 is 38.1 Å². The Bertz CT molecular complexity index is 1030. The van der Waals surface area contributed by atoms with Crippen molar-refractivity contribution in [2.75, 3.05) is 6.61 Å².